The van der Waals surface area contributed by atoms with E-state index in [4.69, 9.17) is 4.84 Å². The summed E-state index contributed by atoms with van der Waals surface area (Å²) in [4.78, 5) is 15.7. The molecule has 0 aliphatic heterocycles. The lowest BCUT2D eigenvalue weighted by atomic mass is 9.91. The van der Waals surface area contributed by atoms with Crippen LogP contribution in [0.5, 0.6) is 0 Å². The van der Waals surface area contributed by atoms with Crippen LogP contribution in [0.25, 0.3) is 0 Å². The molecule has 2 unspecified atom stereocenters. The molecule has 0 radical (unpaired) electrons. The van der Waals surface area contributed by atoms with Crippen molar-refractivity contribution in [3.05, 3.63) is 0 Å². The molecule has 0 spiro atoms. The molecule has 1 amide bonds. The van der Waals surface area contributed by atoms with Gasteiger partial charge < -0.3 is 9.87 Å². The number of oxime groups is 1. The molecule has 0 heterocycles. The van der Waals surface area contributed by atoms with Gasteiger partial charge in [0.1, 0.15) is 5.71 Å². The highest BCUT2D eigenvalue weighted by Crippen LogP contribution is 2.27. The number of hydrogen-bond donors (Lipinski definition) is 1. The average molecular weight is 280 g/mol. The van der Waals surface area contributed by atoms with Gasteiger partial charge in [-0.15, -0.1) is 11.8 Å². The van der Waals surface area contributed by atoms with E-state index in [0.29, 0.717) is 5.71 Å². The molecule has 1 N–H and O–H groups in total. The Bertz CT molecular complexity index is 288. The molecular weight excluding hydrogens is 260 g/mol. The van der Waals surface area contributed by atoms with E-state index in [1.54, 1.807) is 6.26 Å². The van der Waals surface area contributed by atoms with Crippen LogP contribution < -0.4 is 5.32 Å². The third-order valence-corrected chi connectivity index (χ3v) is 4.81. The Morgan fingerprint density at radius 1 is 1.53 bits per heavy atom. The number of thioether (sulfide) groups is 1. The van der Waals surface area contributed by atoms with Gasteiger partial charge in [0.05, 0.1) is 6.26 Å². The molecule has 5 nitrogen and oxygen atoms in total. The summed E-state index contributed by atoms with van der Waals surface area (Å²) in [5.41, 5.74) is 0.294. The summed E-state index contributed by atoms with van der Waals surface area (Å²) in [6, 6.07) is 0. The van der Waals surface area contributed by atoms with Crippen LogP contribution in [0.4, 0.5) is 4.79 Å². The molecule has 0 aromatic heterocycles. The van der Waals surface area contributed by atoms with E-state index < -0.39 is 17.3 Å². The maximum Gasteiger partial charge on any atom is 0.433 e. The second-order valence-corrected chi connectivity index (χ2v) is 7.13. The van der Waals surface area contributed by atoms with Crippen molar-refractivity contribution < 1.29 is 14.2 Å². The minimum absolute atomic E-state index is 0.278. The fraction of sp³-hybridized carbons (Fsp3) is 0.800. The van der Waals surface area contributed by atoms with Crippen molar-refractivity contribution in [1.29, 1.82) is 0 Å². The molecule has 0 rings (SSSR count). The van der Waals surface area contributed by atoms with E-state index in [9.17, 15) is 9.35 Å². The van der Waals surface area contributed by atoms with Gasteiger partial charge in [0.2, 0.25) is 4.58 Å². The van der Waals surface area contributed by atoms with Crippen molar-refractivity contribution in [1.82, 2.24) is 5.32 Å². The Hall–Kier alpha value is -0.400. The topological polar surface area (TPSA) is 73.8 Å². The summed E-state index contributed by atoms with van der Waals surface area (Å²) in [6.45, 7) is 5.82. The zero-order chi connectivity index (χ0) is 13.6. The van der Waals surface area contributed by atoms with Gasteiger partial charge in [-0.2, -0.15) is 0 Å². The smallest absolute Gasteiger partial charge is 0.433 e. The number of nitrogens with one attached hydrogen (secondary N) is 1. The van der Waals surface area contributed by atoms with Crippen molar-refractivity contribution in [2.24, 2.45) is 10.6 Å². The third kappa shape index (κ3) is 5.65. The maximum atomic E-state index is 11.6. The molecule has 0 saturated heterocycles. The minimum atomic E-state index is -1.08. The maximum absolute atomic E-state index is 11.6. The second kappa shape index (κ2) is 7.13. The van der Waals surface area contributed by atoms with Crippen molar-refractivity contribution in [2.75, 3.05) is 19.6 Å². The number of hydrogen-bond acceptors (Lipinski definition) is 5. The summed E-state index contributed by atoms with van der Waals surface area (Å²) in [5, 5.41) is 6.16. The quantitative estimate of drug-likeness (QED) is 0.369. The third-order valence-electron chi connectivity index (χ3n) is 1.94. The standard InChI is InChI=1S/C10H20N2O3S2/c1-10(2,3)7(8(16-5)17(6)14)12-15-9(13)11-4/h8H,1-6H3,(H,11,13)/b12-7+. The lowest BCUT2D eigenvalue weighted by molar-refractivity contribution is 0.151. The molecule has 0 aliphatic rings. The summed E-state index contributed by atoms with van der Waals surface area (Å²) >= 11 is 0.353. The SMILES string of the molecule is CNC(=O)O/N=C(\C(SC)[S+](C)[O-])C(C)(C)C. The van der Waals surface area contributed by atoms with Crippen LogP contribution in [0.15, 0.2) is 5.16 Å². The highest BCUT2D eigenvalue weighted by molar-refractivity contribution is 8.13. The van der Waals surface area contributed by atoms with Gasteiger partial charge in [0, 0.05) is 12.5 Å². The Labute approximate surface area is 110 Å². The Balaban J connectivity index is 5.06. The fourth-order valence-electron chi connectivity index (χ4n) is 1.07. The zero-order valence-corrected chi connectivity index (χ0v) is 12.7. The highest BCUT2D eigenvalue weighted by Gasteiger charge is 2.34. The molecule has 100 valence electrons. The molecule has 2 atom stereocenters. The largest absolute Gasteiger partial charge is 0.615 e. The number of nitrogens with zero attached hydrogens (tertiary/aromatic N) is 1. The van der Waals surface area contributed by atoms with E-state index in [0.717, 1.165) is 0 Å². The fourth-order valence-corrected chi connectivity index (χ4v) is 3.49. The van der Waals surface area contributed by atoms with E-state index in [-0.39, 0.29) is 10.00 Å². The van der Waals surface area contributed by atoms with Gasteiger partial charge in [-0.25, -0.2) is 4.79 Å². The summed E-state index contributed by atoms with van der Waals surface area (Å²) in [5.74, 6) is 0. The lowest BCUT2D eigenvalue weighted by Gasteiger charge is -2.26. The average Bonchev–Trinajstić information content (AvgIpc) is 2.21. The Kier molecular flexibility index (Phi) is 6.96. The van der Waals surface area contributed by atoms with Crippen LogP contribution in [0, 0.1) is 5.41 Å². The predicted octanol–water partition coefficient (Wildman–Crippen LogP) is 1.81. The predicted molar refractivity (Wildman–Crippen MR) is 73.8 cm³/mol. The van der Waals surface area contributed by atoms with Gasteiger partial charge >= 0.3 is 6.09 Å². The first-order valence-electron chi connectivity index (χ1n) is 5.06. The molecule has 0 bridgehead atoms. The van der Waals surface area contributed by atoms with Gasteiger partial charge in [-0.3, -0.25) is 4.84 Å². The van der Waals surface area contributed by atoms with Crippen molar-refractivity contribution >= 4 is 34.7 Å². The second-order valence-electron chi connectivity index (χ2n) is 4.42. The van der Waals surface area contributed by atoms with Crippen LogP contribution in [-0.2, 0) is 16.0 Å². The van der Waals surface area contributed by atoms with Crippen LogP contribution in [0.1, 0.15) is 20.8 Å². The summed E-state index contributed by atoms with van der Waals surface area (Å²) < 4.78 is 11.4. The number of rotatable bonds is 4. The zero-order valence-electron chi connectivity index (χ0n) is 11.1. The summed E-state index contributed by atoms with van der Waals surface area (Å²) in [6.07, 6.45) is 2.84. The molecule has 7 heteroatoms. The van der Waals surface area contributed by atoms with Gasteiger partial charge in [0.25, 0.3) is 0 Å². The molecule has 0 fully saturated rings. The van der Waals surface area contributed by atoms with Crippen LogP contribution in [0.3, 0.4) is 0 Å². The molecule has 0 aromatic carbocycles. The summed E-state index contributed by atoms with van der Waals surface area (Å²) in [7, 11) is 1.46. The van der Waals surface area contributed by atoms with Gasteiger partial charge in [-0.05, 0) is 17.4 Å². The van der Waals surface area contributed by atoms with E-state index in [1.807, 2.05) is 27.0 Å². The van der Waals surface area contributed by atoms with Crippen LogP contribution >= 0.6 is 11.8 Å². The van der Waals surface area contributed by atoms with Crippen molar-refractivity contribution in [3.63, 3.8) is 0 Å². The molecule has 0 aliphatic carbocycles. The molecule has 0 saturated carbocycles. The normalized spacial score (nSPS) is 16.3. The van der Waals surface area contributed by atoms with E-state index in [2.05, 4.69) is 10.5 Å². The van der Waals surface area contributed by atoms with Crippen molar-refractivity contribution in [3.8, 4) is 0 Å². The molecule has 0 aromatic rings. The van der Waals surface area contributed by atoms with Crippen LogP contribution in [-0.4, -0.2) is 40.5 Å². The number of amides is 1. The first-order valence-corrected chi connectivity index (χ1v) is 7.97. The van der Waals surface area contributed by atoms with Gasteiger partial charge in [0.15, 0.2) is 0 Å². The van der Waals surface area contributed by atoms with E-state index >= 15 is 0 Å². The number of carbonyl (C=O) groups is 1. The lowest BCUT2D eigenvalue weighted by Crippen LogP contribution is -2.36. The first-order chi connectivity index (χ1) is 7.73. The Morgan fingerprint density at radius 2 is 2.06 bits per heavy atom. The molecular formula is C10H20N2O3S2. The minimum Gasteiger partial charge on any atom is -0.615 e. The highest BCUT2D eigenvalue weighted by atomic mass is 32.3. The van der Waals surface area contributed by atoms with Gasteiger partial charge in [-0.1, -0.05) is 25.9 Å². The van der Waals surface area contributed by atoms with E-state index in [1.165, 1.54) is 18.8 Å². The Morgan fingerprint density at radius 3 is 2.35 bits per heavy atom. The molecule has 17 heavy (non-hydrogen) atoms. The first kappa shape index (κ1) is 16.6. The number of carbonyl (C=O) groups excluding carboxylic acids is 1. The van der Waals surface area contributed by atoms with Crippen LogP contribution in [0.2, 0.25) is 0 Å². The monoisotopic (exact) mass is 280 g/mol. The van der Waals surface area contributed by atoms with Crippen molar-refractivity contribution in [2.45, 2.75) is 25.4 Å².